The number of non-ortho nitro benzene ring substituents is 1. The van der Waals surface area contributed by atoms with Gasteiger partial charge in [0.05, 0.1) is 4.92 Å². The maximum Gasteiger partial charge on any atom is 0.271 e. The van der Waals surface area contributed by atoms with Gasteiger partial charge in [-0.2, -0.15) is 0 Å². The second-order valence-corrected chi connectivity index (χ2v) is 4.44. The highest BCUT2D eigenvalue weighted by molar-refractivity contribution is 5.51. The van der Waals surface area contributed by atoms with Crippen LogP contribution in [0.1, 0.15) is 19.8 Å². The van der Waals surface area contributed by atoms with E-state index < -0.39 is 0 Å². The summed E-state index contributed by atoms with van der Waals surface area (Å²) in [5.74, 6) is 0. The molecular weight excluding hydrogens is 218 g/mol. The van der Waals surface area contributed by atoms with Gasteiger partial charge in [0, 0.05) is 29.9 Å². The lowest BCUT2D eigenvalue weighted by Crippen LogP contribution is -2.46. The molecule has 2 unspecified atom stereocenters. The molecular formula is C12H17N3O2. The van der Waals surface area contributed by atoms with Crippen LogP contribution in [0.5, 0.6) is 0 Å². The number of anilines is 1. The first-order valence-corrected chi connectivity index (χ1v) is 5.91. The third-order valence-electron chi connectivity index (χ3n) is 3.17. The van der Waals surface area contributed by atoms with Gasteiger partial charge in [0.2, 0.25) is 0 Å². The van der Waals surface area contributed by atoms with Crippen LogP contribution in [-0.4, -0.2) is 23.6 Å². The van der Waals surface area contributed by atoms with Crippen molar-refractivity contribution in [2.75, 3.05) is 11.9 Å². The largest absolute Gasteiger partial charge is 0.381 e. The highest BCUT2D eigenvalue weighted by Gasteiger charge is 2.20. The van der Waals surface area contributed by atoms with Crippen molar-refractivity contribution in [2.24, 2.45) is 0 Å². The van der Waals surface area contributed by atoms with Gasteiger partial charge in [0.15, 0.2) is 0 Å². The van der Waals surface area contributed by atoms with Gasteiger partial charge in [-0.3, -0.25) is 10.1 Å². The van der Waals surface area contributed by atoms with Crippen molar-refractivity contribution < 1.29 is 4.92 Å². The van der Waals surface area contributed by atoms with Crippen LogP contribution in [0.2, 0.25) is 0 Å². The summed E-state index contributed by atoms with van der Waals surface area (Å²) < 4.78 is 0. The molecule has 0 amide bonds. The molecule has 1 aromatic carbocycles. The summed E-state index contributed by atoms with van der Waals surface area (Å²) in [6.45, 7) is 3.18. The third-order valence-corrected chi connectivity index (χ3v) is 3.17. The van der Waals surface area contributed by atoms with E-state index in [-0.39, 0.29) is 10.6 Å². The Balaban J connectivity index is 2.07. The van der Waals surface area contributed by atoms with E-state index in [0.717, 1.165) is 25.1 Å². The van der Waals surface area contributed by atoms with Gasteiger partial charge in [0.1, 0.15) is 0 Å². The minimum atomic E-state index is -0.367. The maximum atomic E-state index is 10.7. The molecule has 1 heterocycles. The molecule has 1 fully saturated rings. The number of rotatable bonds is 3. The van der Waals surface area contributed by atoms with E-state index in [1.54, 1.807) is 12.1 Å². The Labute approximate surface area is 100 Å². The van der Waals surface area contributed by atoms with Crippen molar-refractivity contribution in [2.45, 2.75) is 31.8 Å². The van der Waals surface area contributed by atoms with Crippen LogP contribution in [0.25, 0.3) is 0 Å². The number of hydrogen-bond acceptors (Lipinski definition) is 4. The fourth-order valence-corrected chi connectivity index (χ4v) is 2.16. The van der Waals surface area contributed by atoms with Crippen LogP contribution < -0.4 is 10.6 Å². The zero-order valence-electron chi connectivity index (χ0n) is 9.85. The fraction of sp³-hybridized carbons (Fsp3) is 0.500. The molecule has 0 spiro atoms. The van der Waals surface area contributed by atoms with Crippen LogP contribution >= 0.6 is 0 Å². The molecule has 1 aliphatic heterocycles. The summed E-state index contributed by atoms with van der Waals surface area (Å²) in [5.41, 5.74) is 0.950. The van der Waals surface area contributed by atoms with Crippen LogP contribution in [0, 0.1) is 10.1 Å². The van der Waals surface area contributed by atoms with E-state index >= 15 is 0 Å². The summed E-state index contributed by atoms with van der Waals surface area (Å²) in [6.07, 6.45) is 2.23. The van der Waals surface area contributed by atoms with Crippen molar-refractivity contribution in [3.63, 3.8) is 0 Å². The quantitative estimate of drug-likeness (QED) is 0.622. The molecule has 0 aromatic heterocycles. The highest BCUT2D eigenvalue weighted by atomic mass is 16.6. The molecule has 0 radical (unpaired) electrons. The monoisotopic (exact) mass is 235 g/mol. The third kappa shape index (κ3) is 2.94. The number of nitrogens with zero attached hydrogens (tertiary/aromatic N) is 1. The Kier molecular flexibility index (Phi) is 3.58. The second-order valence-electron chi connectivity index (χ2n) is 4.44. The Bertz CT molecular complexity index is 408. The summed E-state index contributed by atoms with van der Waals surface area (Å²) in [5, 5.41) is 17.4. The van der Waals surface area contributed by atoms with Gasteiger partial charge in [-0.1, -0.05) is 6.07 Å². The number of benzene rings is 1. The predicted molar refractivity (Wildman–Crippen MR) is 67.2 cm³/mol. The standard InChI is InChI=1S/C12H17N3O2/c1-9-12(6-3-7-13-9)14-10-4-2-5-11(8-10)15(16)17/h2,4-5,8-9,12-14H,3,6-7H2,1H3. The van der Waals surface area contributed by atoms with E-state index in [1.807, 2.05) is 6.07 Å². The first-order chi connectivity index (χ1) is 8.16. The average Bonchev–Trinajstić information content (AvgIpc) is 2.32. The van der Waals surface area contributed by atoms with E-state index in [0.29, 0.717) is 12.1 Å². The minimum absolute atomic E-state index is 0.131. The lowest BCUT2D eigenvalue weighted by atomic mass is 9.99. The topological polar surface area (TPSA) is 67.2 Å². The molecule has 5 nitrogen and oxygen atoms in total. The molecule has 2 atom stereocenters. The molecule has 0 bridgehead atoms. The number of nitro benzene ring substituents is 1. The molecule has 0 saturated carbocycles. The number of nitro groups is 1. The van der Waals surface area contributed by atoms with E-state index in [4.69, 9.17) is 0 Å². The van der Waals surface area contributed by atoms with Gasteiger partial charge < -0.3 is 10.6 Å². The lowest BCUT2D eigenvalue weighted by Gasteiger charge is -2.31. The van der Waals surface area contributed by atoms with Gasteiger partial charge in [-0.25, -0.2) is 0 Å². The molecule has 92 valence electrons. The van der Waals surface area contributed by atoms with Crippen LogP contribution in [0.4, 0.5) is 11.4 Å². The van der Waals surface area contributed by atoms with Crippen LogP contribution in [-0.2, 0) is 0 Å². The molecule has 0 aliphatic carbocycles. The smallest absolute Gasteiger partial charge is 0.271 e. The summed E-state index contributed by atoms with van der Waals surface area (Å²) in [4.78, 5) is 10.3. The maximum absolute atomic E-state index is 10.7. The summed E-state index contributed by atoms with van der Waals surface area (Å²) in [6, 6.07) is 7.40. The van der Waals surface area contributed by atoms with E-state index in [2.05, 4.69) is 17.6 Å². The van der Waals surface area contributed by atoms with E-state index in [9.17, 15) is 10.1 Å². The molecule has 1 aliphatic rings. The molecule has 17 heavy (non-hydrogen) atoms. The van der Waals surface area contributed by atoms with Crippen LogP contribution in [0.15, 0.2) is 24.3 Å². The van der Waals surface area contributed by atoms with E-state index in [1.165, 1.54) is 6.07 Å². The lowest BCUT2D eigenvalue weighted by molar-refractivity contribution is -0.384. The van der Waals surface area contributed by atoms with Crippen LogP contribution in [0.3, 0.4) is 0 Å². The first-order valence-electron chi connectivity index (χ1n) is 5.91. The summed E-state index contributed by atoms with van der Waals surface area (Å²) >= 11 is 0. The van der Waals surface area contributed by atoms with Crippen molar-refractivity contribution in [1.82, 2.24) is 5.32 Å². The highest BCUT2D eigenvalue weighted by Crippen LogP contribution is 2.20. The van der Waals surface area contributed by atoms with Gasteiger partial charge in [-0.05, 0) is 32.4 Å². The second kappa shape index (κ2) is 5.14. The SMILES string of the molecule is CC1NCCCC1Nc1cccc([N+](=O)[O-])c1. The zero-order chi connectivity index (χ0) is 12.3. The van der Waals surface area contributed by atoms with Crippen molar-refractivity contribution in [1.29, 1.82) is 0 Å². The molecule has 2 rings (SSSR count). The number of piperidine rings is 1. The van der Waals surface area contributed by atoms with Crippen molar-refractivity contribution in [3.05, 3.63) is 34.4 Å². The fourth-order valence-electron chi connectivity index (χ4n) is 2.16. The first kappa shape index (κ1) is 11.9. The van der Waals surface area contributed by atoms with Gasteiger partial charge in [-0.15, -0.1) is 0 Å². The predicted octanol–water partition coefficient (Wildman–Crippen LogP) is 2.15. The molecule has 5 heteroatoms. The van der Waals surface area contributed by atoms with Gasteiger partial charge >= 0.3 is 0 Å². The minimum Gasteiger partial charge on any atom is -0.381 e. The Hall–Kier alpha value is -1.62. The molecule has 1 saturated heterocycles. The van der Waals surface area contributed by atoms with Crippen molar-refractivity contribution >= 4 is 11.4 Å². The normalized spacial score (nSPS) is 24.3. The average molecular weight is 235 g/mol. The summed E-state index contributed by atoms with van der Waals surface area (Å²) in [7, 11) is 0. The zero-order valence-corrected chi connectivity index (χ0v) is 9.85. The Morgan fingerprint density at radius 1 is 1.53 bits per heavy atom. The van der Waals surface area contributed by atoms with Gasteiger partial charge in [0.25, 0.3) is 5.69 Å². The molecule has 1 aromatic rings. The molecule has 2 N–H and O–H groups in total. The Morgan fingerprint density at radius 2 is 2.35 bits per heavy atom. The Morgan fingerprint density at radius 3 is 3.06 bits per heavy atom. The number of hydrogen-bond donors (Lipinski definition) is 2. The number of nitrogens with one attached hydrogen (secondary N) is 2. The van der Waals surface area contributed by atoms with Crippen molar-refractivity contribution in [3.8, 4) is 0 Å².